The van der Waals surface area contributed by atoms with Crippen molar-refractivity contribution in [2.24, 2.45) is 0 Å². The Morgan fingerprint density at radius 2 is 1.61 bits per heavy atom. The van der Waals surface area contributed by atoms with Crippen LogP contribution in [0.5, 0.6) is 0 Å². The number of hydrogen-bond donors (Lipinski definition) is 1. The highest BCUT2D eigenvalue weighted by Crippen LogP contribution is 2.23. The molecule has 0 aliphatic rings. The molecule has 2 rings (SSSR count). The molecule has 0 atom stereocenters. The largest absolute Gasteiger partial charge is 0.478 e. The summed E-state index contributed by atoms with van der Waals surface area (Å²) >= 11 is 3.41. The normalized spacial score (nSPS) is 11.3. The van der Waals surface area contributed by atoms with Gasteiger partial charge in [-0.15, -0.1) is 0 Å². The summed E-state index contributed by atoms with van der Waals surface area (Å²) in [6.07, 6.45) is 1.67. The Morgan fingerprint density at radius 1 is 1.00 bits per heavy atom. The third kappa shape index (κ3) is 2.87. The van der Waals surface area contributed by atoms with Gasteiger partial charge < -0.3 is 5.11 Å². The zero-order valence-corrected chi connectivity index (χ0v) is 11.1. The van der Waals surface area contributed by atoms with E-state index < -0.39 is 5.97 Å². The molecule has 0 saturated heterocycles. The molecule has 0 aromatic heterocycles. The topological polar surface area (TPSA) is 37.3 Å². The summed E-state index contributed by atoms with van der Waals surface area (Å²) in [7, 11) is 0. The summed E-state index contributed by atoms with van der Waals surface area (Å²) < 4.78 is 0.875. The molecule has 2 aromatic carbocycles. The van der Waals surface area contributed by atoms with Gasteiger partial charge in [0.1, 0.15) is 0 Å². The fraction of sp³-hybridized carbons (Fsp3) is 0. The van der Waals surface area contributed by atoms with Crippen LogP contribution in [0.15, 0.2) is 59.1 Å². The number of rotatable bonds is 3. The van der Waals surface area contributed by atoms with E-state index in [0.29, 0.717) is 5.56 Å². The number of carboxylic acids is 1. The van der Waals surface area contributed by atoms with Gasteiger partial charge in [0.15, 0.2) is 0 Å². The van der Waals surface area contributed by atoms with Crippen molar-refractivity contribution >= 4 is 33.5 Å². The summed E-state index contributed by atoms with van der Waals surface area (Å²) in [5.74, 6) is -0.933. The lowest BCUT2D eigenvalue weighted by Crippen LogP contribution is -1.99. The fourth-order valence-electron chi connectivity index (χ4n) is 1.63. The van der Waals surface area contributed by atoms with Gasteiger partial charge in [-0.25, -0.2) is 4.79 Å². The molecular formula is C15H11BrO2. The van der Waals surface area contributed by atoms with Gasteiger partial charge in [-0.3, -0.25) is 0 Å². The van der Waals surface area contributed by atoms with Crippen molar-refractivity contribution in [3.63, 3.8) is 0 Å². The summed E-state index contributed by atoms with van der Waals surface area (Å²) in [5.41, 5.74) is 1.82. The first kappa shape index (κ1) is 12.6. The summed E-state index contributed by atoms with van der Waals surface area (Å²) in [6.45, 7) is 0. The average molecular weight is 303 g/mol. The molecule has 0 heterocycles. The number of carboxylic acid groups (broad SMARTS) is 1. The lowest BCUT2D eigenvalue weighted by Gasteiger charge is -2.04. The number of carbonyl (C=O) groups is 1. The Hall–Kier alpha value is -1.87. The van der Waals surface area contributed by atoms with Gasteiger partial charge in [0.25, 0.3) is 0 Å². The smallest absolute Gasteiger partial charge is 0.336 e. The van der Waals surface area contributed by atoms with E-state index in [2.05, 4.69) is 15.9 Å². The molecule has 0 aliphatic heterocycles. The van der Waals surface area contributed by atoms with Crippen molar-refractivity contribution in [3.8, 4) is 0 Å². The van der Waals surface area contributed by atoms with Crippen LogP contribution in [-0.4, -0.2) is 11.1 Å². The highest BCUT2D eigenvalue weighted by Gasteiger charge is 2.10. The average Bonchev–Trinajstić information content (AvgIpc) is 2.38. The molecule has 0 spiro atoms. The first-order valence-electron chi connectivity index (χ1n) is 5.43. The monoisotopic (exact) mass is 302 g/mol. The lowest BCUT2D eigenvalue weighted by molar-refractivity contribution is -0.130. The Kier molecular flexibility index (Phi) is 3.95. The molecule has 2 aromatic rings. The van der Waals surface area contributed by atoms with Crippen molar-refractivity contribution in [1.29, 1.82) is 0 Å². The van der Waals surface area contributed by atoms with E-state index in [0.717, 1.165) is 10.0 Å². The number of hydrogen-bond acceptors (Lipinski definition) is 1. The van der Waals surface area contributed by atoms with Crippen LogP contribution in [0.4, 0.5) is 0 Å². The lowest BCUT2D eigenvalue weighted by atomic mass is 10.0. The zero-order valence-electron chi connectivity index (χ0n) is 9.51. The number of halogens is 1. The Morgan fingerprint density at radius 3 is 2.22 bits per heavy atom. The Labute approximate surface area is 114 Å². The van der Waals surface area contributed by atoms with E-state index in [4.69, 9.17) is 0 Å². The van der Waals surface area contributed by atoms with Gasteiger partial charge in [-0.1, -0.05) is 64.5 Å². The van der Waals surface area contributed by atoms with Gasteiger partial charge in [0, 0.05) is 4.47 Å². The summed E-state index contributed by atoms with van der Waals surface area (Å²) in [4.78, 5) is 11.3. The van der Waals surface area contributed by atoms with Crippen LogP contribution in [0.25, 0.3) is 11.6 Å². The quantitative estimate of drug-likeness (QED) is 0.685. The summed E-state index contributed by atoms with van der Waals surface area (Å²) in [5, 5.41) is 9.30. The predicted molar refractivity (Wildman–Crippen MR) is 76.1 cm³/mol. The van der Waals surface area contributed by atoms with Gasteiger partial charge in [0.05, 0.1) is 5.57 Å². The Balaban J connectivity index is 2.50. The zero-order chi connectivity index (χ0) is 13.0. The van der Waals surface area contributed by atoms with E-state index in [1.807, 2.05) is 42.5 Å². The highest BCUT2D eigenvalue weighted by molar-refractivity contribution is 9.10. The maximum absolute atomic E-state index is 11.3. The minimum atomic E-state index is -0.933. The van der Waals surface area contributed by atoms with Crippen LogP contribution in [0.1, 0.15) is 11.1 Å². The van der Waals surface area contributed by atoms with E-state index >= 15 is 0 Å². The van der Waals surface area contributed by atoms with E-state index in [9.17, 15) is 9.90 Å². The molecular weight excluding hydrogens is 292 g/mol. The molecule has 0 unspecified atom stereocenters. The molecule has 18 heavy (non-hydrogen) atoms. The third-order valence-electron chi connectivity index (χ3n) is 2.52. The third-order valence-corrected chi connectivity index (χ3v) is 3.24. The molecule has 2 nitrogen and oxygen atoms in total. The van der Waals surface area contributed by atoms with Crippen LogP contribution >= 0.6 is 15.9 Å². The standard InChI is InChI=1S/C15H11BrO2/c16-14-9-5-4-8-12(14)10-13(15(17)18)11-6-2-1-3-7-11/h1-10H,(H,17,18)/b13-10+. The second-order valence-corrected chi connectivity index (χ2v) is 4.61. The van der Waals surface area contributed by atoms with Crippen LogP contribution in [0.3, 0.4) is 0 Å². The van der Waals surface area contributed by atoms with E-state index in [1.54, 1.807) is 18.2 Å². The van der Waals surface area contributed by atoms with Crippen molar-refractivity contribution in [2.45, 2.75) is 0 Å². The second kappa shape index (κ2) is 5.65. The molecule has 1 N–H and O–H groups in total. The molecule has 0 aliphatic carbocycles. The van der Waals surface area contributed by atoms with Gasteiger partial charge in [-0.05, 0) is 23.3 Å². The van der Waals surface area contributed by atoms with Gasteiger partial charge >= 0.3 is 5.97 Å². The van der Waals surface area contributed by atoms with Crippen molar-refractivity contribution < 1.29 is 9.90 Å². The first-order valence-corrected chi connectivity index (χ1v) is 6.23. The van der Waals surface area contributed by atoms with Crippen molar-refractivity contribution in [1.82, 2.24) is 0 Å². The first-order chi connectivity index (χ1) is 8.68. The summed E-state index contributed by atoms with van der Waals surface area (Å²) in [6, 6.07) is 16.6. The molecule has 0 fully saturated rings. The molecule has 90 valence electrons. The van der Waals surface area contributed by atoms with E-state index in [1.165, 1.54) is 0 Å². The minimum absolute atomic E-state index is 0.280. The van der Waals surface area contributed by atoms with Crippen LogP contribution in [0.2, 0.25) is 0 Å². The van der Waals surface area contributed by atoms with Crippen LogP contribution in [-0.2, 0) is 4.79 Å². The molecule has 0 bridgehead atoms. The van der Waals surface area contributed by atoms with Crippen molar-refractivity contribution in [3.05, 3.63) is 70.2 Å². The maximum Gasteiger partial charge on any atom is 0.336 e. The van der Waals surface area contributed by atoms with Gasteiger partial charge in [-0.2, -0.15) is 0 Å². The van der Waals surface area contributed by atoms with Gasteiger partial charge in [0.2, 0.25) is 0 Å². The molecule has 0 saturated carbocycles. The Bertz CT molecular complexity index is 588. The van der Waals surface area contributed by atoms with E-state index in [-0.39, 0.29) is 5.57 Å². The van der Waals surface area contributed by atoms with Crippen molar-refractivity contribution in [2.75, 3.05) is 0 Å². The maximum atomic E-state index is 11.3. The predicted octanol–water partition coefficient (Wildman–Crippen LogP) is 4.07. The number of benzene rings is 2. The second-order valence-electron chi connectivity index (χ2n) is 3.75. The molecule has 3 heteroatoms. The molecule has 0 radical (unpaired) electrons. The SMILES string of the molecule is O=C(O)/C(=C/c1ccccc1Br)c1ccccc1. The molecule has 0 amide bonds. The van der Waals surface area contributed by atoms with Crippen LogP contribution < -0.4 is 0 Å². The van der Waals surface area contributed by atoms with Crippen LogP contribution in [0, 0.1) is 0 Å². The number of aliphatic carboxylic acids is 1. The fourth-order valence-corrected chi connectivity index (χ4v) is 2.03. The minimum Gasteiger partial charge on any atom is -0.478 e. The highest BCUT2D eigenvalue weighted by atomic mass is 79.9.